The quantitative estimate of drug-likeness (QED) is 0.608. The molecule has 1 aromatic heterocycles. The molecular weight excluding hydrogens is 352 g/mol. The lowest BCUT2D eigenvalue weighted by Gasteiger charge is -2.32. The predicted molar refractivity (Wildman–Crippen MR) is 115 cm³/mol. The molecule has 4 nitrogen and oxygen atoms in total. The number of aromatic nitrogens is 2. The number of imidazole rings is 1. The number of likely N-dealkylation sites (N-methyl/N-ethyl adjacent to an activating group) is 1. The molecular formula is C22H28N4S. The maximum atomic E-state index is 4.52. The van der Waals surface area contributed by atoms with E-state index in [0.717, 1.165) is 17.8 Å². The molecule has 0 unspecified atom stereocenters. The molecule has 0 aliphatic carbocycles. The van der Waals surface area contributed by atoms with E-state index in [-0.39, 0.29) is 0 Å². The minimum Gasteiger partial charge on any atom is -0.326 e. The van der Waals surface area contributed by atoms with Crippen LogP contribution < -0.4 is 0 Å². The van der Waals surface area contributed by atoms with Crippen molar-refractivity contribution in [2.45, 2.75) is 18.4 Å². The highest BCUT2D eigenvalue weighted by Crippen LogP contribution is 2.26. The smallest absolute Gasteiger partial charge is 0.0961 e. The van der Waals surface area contributed by atoms with E-state index < -0.39 is 0 Å². The Kier molecular flexibility index (Phi) is 5.81. The van der Waals surface area contributed by atoms with Gasteiger partial charge in [-0.15, -0.1) is 11.8 Å². The second-order valence-corrected chi connectivity index (χ2v) is 8.53. The van der Waals surface area contributed by atoms with Gasteiger partial charge in [0.1, 0.15) is 0 Å². The summed E-state index contributed by atoms with van der Waals surface area (Å²) in [5, 5.41) is 0. The molecule has 0 atom stereocenters. The number of hydrogen-bond donors (Lipinski definition) is 0. The highest BCUT2D eigenvalue weighted by molar-refractivity contribution is 7.99. The molecule has 0 spiro atoms. The third-order valence-electron chi connectivity index (χ3n) is 5.53. The third-order valence-corrected chi connectivity index (χ3v) is 6.67. The van der Waals surface area contributed by atoms with E-state index in [1.54, 1.807) is 0 Å². The number of nitrogens with zero attached hydrogens (tertiary/aromatic N) is 4. The Morgan fingerprint density at radius 2 is 1.81 bits per heavy atom. The highest BCUT2D eigenvalue weighted by atomic mass is 32.2. The zero-order valence-corrected chi connectivity index (χ0v) is 17.1. The molecule has 5 heteroatoms. The predicted octanol–water partition coefficient (Wildman–Crippen LogP) is 3.73. The van der Waals surface area contributed by atoms with Crippen LogP contribution in [0.5, 0.6) is 0 Å². The molecule has 1 aliphatic rings. The van der Waals surface area contributed by atoms with Crippen LogP contribution in [0.15, 0.2) is 53.7 Å². The Balaban J connectivity index is 1.40. The Morgan fingerprint density at radius 3 is 2.67 bits per heavy atom. The monoisotopic (exact) mass is 380 g/mol. The number of rotatable bonds is 6. The summed E-state index contributed by atoms with van der Waals surface area (Å²) >= 11 is 1.99. The average Bonchev–Trinajstić information content (AvgIpc) is 3.09. The molecule has 0 N–H and O–H groups in total. The van der Waals surface area contributed by atoms with Gasteiger partial charge in [-0.3, -0.25) is 4.90 Å². The van der Waals surface area contributed by atoms with Crippen molar-refractivity contribution >= 4 is 22.8 Å². The van der Waals surface area contributed by atoms with Crippen molar-refractivity contribution in [3.05, 3.63) is 59.9 Å². The van der Waals surface area contributed by atoms with Gasteiger partial charge < -0.3 is 9.47 Å². The van der Waals surface area contributed by atoms with Gasteiger partial charge in [0, 0.05) is 49.9 Å². The van der Waals surface area contributed by atoms with Crippen molar-refractivity contribution < 1.29 is 0 Å². The molecule has 2 aromatic carbocycles. The van der Waals surface area contributed by atoms with Crippen LogP contribution in [0.3, 0.4) is 0 Å². The molecule has 1 aliphatic heterocycles. The first kappa shape index (κ1) is 18.5. The molecule has 3 aromatic rings. The Morgan fingerprint density at radius 1 is 1.00 bits per heavy atom. The van der Waals surface area contributed by atoms with Gasteiger partial charge in [-0.1, -0.05) is 24.3 Å². The SMILES string of the molecule is Cc1c(Cn2cnc3ccccc32)cccc1SCCN1CCN(C)CC1. The maximum absolute atomic E-state index is 4.52. The van der Waals surface area contributed by atoms with E-state index >= 15 is 0 Å². The van der Waals surface area contributed by atoms with Crippen LogP contribution in [0.2, 0.25) is 0 Å². The molecule has 1 fully saturated rings. The summed E-state index contributed by atoms with van der Waals surface area (Å²) in [6, 6.07) is 15.0. The summed E-state index contributed by atoms with van der Waals surface area (Å²) in [5.41, 5.74) is 5.04. The van der Waals surface area contributed by atoms with Crippen molar-refractivity contribution in [3.8, 4) is 0 Å². The topological polar surface area (TPSA) is 24.3 Å². The largest absolute Gasteiger partial charge is 0.326 e. The van der Waals surface area contributed by atoms with E-state index in [9.17, 15) is 0 Å². The van der Waals surface area contributed by atoms with Gasteiger partial charge in [0.05, 0.1) is 17.4 Å². The summed E-state index contributed by atoms with van der Waals surface area (Å²) in [6.45, 7) is 9.09. The Hall–Kier alpha value is -1.82. The number of fused-ring (bicyclic) bond motifs is 1. The number of benzene rings is 2. The summed E-state index contributed by atoms with van der Waals surface area (Å²) < 4.78 is 2.25. The van der Waals surface area contributed by atoms with Gasteiger partial charge in [0.2, 0.25) is 0 Å². The summed E-state index contributed by atoms with van der Waals surface area (Å²) in [6.07, 6.45) is 1.96. The van der Waals surface area contributed by atoms with Crippen molar-refractivity contribution in [1.82, 2.24) is 19.4 Å². The van der Waals surface area contributed by atoms with Gasteiger partial charge in [-0.05, 0) is 43.3 Å². The maximum Gasteiger partial charge on any atom is 0.0961 e. The first-order valence-electron chi connectivity index (χ1n) is 9.73. The summed E-state index contributed by atoms with van der Waals surface area (Å²) in [4.78, 5) is 10.9. The van der Waals surface area contributed by atoms with Gasteiger partial charge in [0.15, 0.2) is 0 Å². The second-order valence-electron chi connectivity index (χ2n) is 7.39. The molecule has 142 valence electrons. The first-order valence-corrected chi connectivity index (χ1v) is 10.7. The average molecular weight is 381 g/mol. The zero-order chi connectivity index (χ0) is 18.6. The summed E-state index contributed by atoms with van der Waals surface area (Å²) in [5.74, 6) is 1.15. The first-order chi connectivity index (χ1) is 13.2. The number of hydrogen-bond acceptors (Lipinski definition) is 4. The molecule has 4 rings (SSSR count). The van der Waals surface area contributed by atoms with E-state index in [4.69, 9.17) is 0 Å². The minimum absolute atomic E-state index is 0.874. The normalized spacial score (nSPS) is 16.2. The standard InChI is InChI=1S/C22H28N4S/c1-18-19(16-26-17-23-20-7-3-4-8-21(20)26)6-5-9-22(18)27-15-14-25-12-10-24(2)11-13-25/h3-9,17H,10-16H2,1-2H3. The van der Waals surface area contributed by atoms with E-state index in [1.807, 2.05) is 24.2 Å². The molecule has 0 amide bonds. The van der Waals surface area contributed by atoms with Gasteiger partial charge in [0.25, 0.3) is 0 Å². The van der Waals surface area contributed by atoms with Crippen LogP contribution in [0.4, 0.5) is 0 Å². The lowest BCUT2D eigenvalue weighted by atomic mass is 10.1. The minimum atomic E-state index is 0.874. The Labute approximate surface area is 166 Å². The number of thioether (sulfide) groups is 1. The fraction of sp³-hybridized carbons (Fsp3) is 0.409. The molecule has 0 saturated carbocycles. The van der Waals surface area contributed by atoms with E-state index in [2.05, 4.69) is 69.7 Å². The number of piperazine rings is 1. The fourth-order valence-electron chi connectivity index (χ4n) is 3.66. The van der Waals surface area contributed by atoms with E-state index in [0.29, 0.717) is 0 Å². The molecule has 1 saturated heterocycles. The zero-order valence-electron chi connectivity index (χ0n) is 16.3. The van der Waals surface area contributed by atoms with E-state index in [1.165, 1.54) is 54.3 Å². The van der Waals surface area contributed by atoms with Crippen molar-refractivity contribution in [3.63, 3.8) is 0 Å². The van der Waals surface area contributed by atoms with Crippen molar-refractivity contribution in [2.75, 3.05) is 45.5 Å². The second kappa shape index (κ2) is 8.46. The molecule has 2 heterocycles. The van der Waals surface area contributed by atoms with Gasteiger partial charge in [-0.2, -0.15) is 0 Å². The highest BCUT2D eigenvalue weighted by Gasteiger charge is 2.13. The number of para-hydroxylation sites is 2. The Bertz CT molecular complexity index is 896. The van der Waals surface area contributed by atoms with Crippen LogP contribution >= 0.6 is 11.8 Å². The summed E-state index contributed by atoms with van der Waals surface area (Å²) in [7, 11) is 2.21. The molecule has 27 heavy (non-hydrogen) atoms. The molecule has 0 bridgehead atoms. The van der Waals surface area contributed by atoms with Crippen LogP contribution in [0, 0.1) is 6.92 Å². The van der Waals surface area contributed by atoms with Crippen molar-refractivity contribution in [2.24, 2.45) is 0 Å². The van der Waals surface area contributed by atoms with Crippen LogP contribution in [0.25, 0.3) is 11.0 Å². The molecule has 0 radical (unpaired) electrons. The van der Waals surface area contributed by atoms with Crippen molar-refractivity contribution in [1.29, 1.82) is 0 Å². The van der Waals surface area contributed by atoms with Crippen LogP contribution in [-0.4, -0.2) is 64.9 Å². The van der Waals surface area contributed by atoms with Crippen LogP contribution in [-0.2, 0) is 6.54 Å². The van der Waals surface area contributed by atoms with Gasteiger partial charge >= 0.3 is 0 Å². The fourth-order valence-corrected chi connectivity index (χ4v) is 4.76. The van der Waals surface area contributed by atoms with Gasteiger partial charge in [-0.25, -0.2) is 4.98 Å². The third kappa shape index (κ3) is 4.37. The lowest BCUT2D eigenvalue weighted by molar-refractivity contribution is 0.161. The lowest BCUT2D eigenvalue weighted by Crippen LogP contribution is -2.45. The van der Waals surface area contributed by atoms with Crippen LogP contribution in [0.1, 0.15) is 11.1 Å².